The number of fused-ring (bicyclic) bond motifs is 1. The third-order valence-electron chi connectivity index (χ3n) is 5.94. The highest BCUT2D eigenvalue weighted by Crippen LogP contribution is 2.33. The Labute approximate surface area is 223 Å². The smallest absolute Gasteiger partial charge is 0.166 e. The summed E-state index contributed by atoms with van der Waals surface area (Å²) in [6.45, 7) is 5.88. The number of Topliss-reactive ketones (excluding diaryl/α,β-unsaturated/α-hetero) is 1. The molecule has 0 aliphatic heterocycles. The van der Waals surface area contributed by atoms with Crippen LogP contribution in [0.3, 0.4) is 0 Å². The summed E-state index contributed by atoms with van der Waals surface area (Å²) in [5.41, 5.74) is 4.18. The van der Waals surface area contributed by atoms with Crippen LogP contribution in [0.25, 0.3) is 22.7 Å². The largest absolute Gasteiger partial charge is 0.489 e. The van der Waals surface area contributed by atoms with Crippen LogP contribution < -0.4 is 10.1 Å². The van der Waals surface area contributed by atoms with E-state index in [-0.39, 0.29) is 11.5 Å². The molecule has 39 heavy (non-hydrogen) atoms. The van der Waals surface area contributed by atoms with Gasteiger partial charge in [-0.2, -0.15) is 15.5 Å². The van der Waals surface area contributed by atoms with E-state index in [2.05, 4.69) is 25.6 Å². The van der Waals surface area contributed by atoms with Crippen molar-refractivity contribution < 1.29 is 14.3 Å². The first-order valence-corrected chi connectivity index (χ1v) is 12.1. The predicted molar refractivity (Wildman–Crippen MR) is 143 cm³/mol. The van der Waals surface area contributed by atoms with Gasteiger partial charge in [-0.25, -0.2) is 14.6 Å². The number of nitrogens with one attached hydrogen (secondary N) is 1. The summed E-state index contributed by atoms with van der Waals surface area (Å²) in [6, 6.07) is 14.5. The maximum Gasteiger partial charge on any atom is 0.166 e. The first kappa shape index (κ1) is 25.5. The lowest BCUT2D eigenvalue weighted by molar-refractivity contribution is 0.101. The number of aryl methyl sites for hydroxylation is 2. The first-order valence-electron chi connectivity index (χ1n) is 12.1. The van der Waals surface area contributed by atoms with Gasteiger partial charge in [0.05, 0.1) is 34.6 Å². The fourth-order valence-electron chi connectivity index (χ4n) is 4.03. The van der Waals surface area contributed by atoms with Crippen molar-refractivity contribution in [2.24, 2.45) is 0 Å². The number of methoxy groups -OCH3 is 1. The zero-order valence-electron chi connectivity index (χ0n) is 21.8. The lowest BCUT2D eigenvalue weighted by Gasteiger charge is -2.14. The van der Waals surface area contributed by atoms with E-state index in [9.17, 15) is 10.1 Å². The molecule has 0 fully saturated rings. The minimum atomic E-state index is -0.170. The molecular weight excluding hydrogens is 498 g/mol. The van der Waals surface area contributed by atoms with Crippen molar-refractivity contribution in [3.8, 4) is 23.5 Å². The number of carbonyl (C=O) groups is 1. The van der Waals surface area contributed by atoms with Crippen molar-refractivity contribution >= 4 is 28.3 Å². The molecular formula is C27H25N9O3. The second kappa shape index (κ2) is 10.7. The second-order valence-corrected chi connectivity index (χ2v) is 8.77. The molecule has 1 N–H and O–H groups in total. The van der Waals surface area contributed by atoms with E-state index >= 15 is 0 Å². The van der Waals surface area contributed by atoms with Gasteiger partial charge in [0.25, 0.3) is 0 Å². The molecule has 4 heterocycles. The Morgan fingerprint density at radius 3 is 2.64 bits per heavy atom. The van der Waals surface area contributed by atoms with Gasteiger partial charge >= 0.3 is 0 Å². The van der Waals surface area contributed by atoms with Crippen LogP contribution in [0.1, 0.15) is 34.4 Å². The highest BCUT2D eigenvalue weighted by atomic mass is 16.5. The number of pyridine rings is 1. The van der Waals surface area contributed by atoms with Crippen LogP contribution in [0.2, 0.25) is 0 Å². The number of aromatic nitrogens is 7. The molecule has 0 radical (unpaired) electrons. The molecule has 0 bridgehead atoms. The molecule has 0 saturated heterocycles. The van der Waals surface area contributed by atoms with Gasteiger partial charge in [0, 0.05) is 18.9 Å². The van der Waals surface area contributed by atoms with Gasteiger partial charge in [0.15, 0.2) is 23.1 Å². The van der Waals surface area contributed by atoms with E-state index in [1.54, 1.807) is 43.1 Å². The molecule has 5 rings (SSSR count). The SMILES string of the molecule is COCCOc1cc2c(cc1Nc1ccc(C)nn1)ncn2-c1ccc(C(C)=O)c(-n2nc(C#N)cc2C)n1. The zero-order chi connectivity index (χ0) is 27.5. The average Bonchev–Trinajstić information content (AvgIpc) is 3.52. The Morgan fingerprint density at radius 1 is 1.10 bits per heavy atom. The molecule has 12 nitrogen and oxygen atoms in total. The predicted octanol–water partition coefficient (Wildman–Crippen LogP) is 3.86. The summed E-state index contributed by atoms with van der Waals surface area (Å²) >= 11 is 0. The molecule has 0 aliphatic rings. The normalized spacial score (nSPS) is 10.9. The van der Waals surface area contributed by atoms with Crippen molar-refractivity contribution in [2.75, 3.05) is 25.6 Å². The highest BCUT2D eigenvalue weighted by molar-refractivity contribution is 5.97. The van der Waals surface area contributed by atoms with Gasteiger partial charge in [-0.1, -0.05) is 0 Å². The number of imidazole rings is 1. The molecule has 1 aromatic carbocycles. The van der Waals surface area contributed by atoms with Crippen LogP contribution >= 0.6 is 0 Å². The minimum absolute atomic E-state index is 0.170. The average molecular weight is 524 g/mol. The highest BCUT2D eigenvalue weighted by Gasteiger charge is 2.18. The van der Waals surface area contributed by atoms with Crippen LogP contribution in [0.15, 0.2) is 48.8 Å². The van der Waals surface area contributed by atoms with Crippen LogP contribution in [0.5, 0.6) is 5.75 Å². The zero-order valence-corrected chi connectivity index (χ0v) is 21.8. The molecule has 0 aliphatic carbocycles. The molecule has 0 saturated carbocycles. The Balaban J connectivity index is 1.61. The summed E-state index contributed by atoms with van der Waals surface area (Å²) < 4.78 is 14.5. The van der Waals surface area contributed by atoms with Crippen molar-refractivity contribution in [3.63, 3.8) is 0 Å². The Kier molecular flexibility index (Phi) is 6.98. The van der Waals surface area contributed by atoms with Gasteiger partial charge < -0.3 is 14.8 Å². The molecule has 0 amide bonds. The number of nitriles is 1. The van der Waals surface area contributed by atoms with Gasteiger partial charge in [0.1, 0.15) is 30.6 Å². The topological polar surface area (TPSA) is 146 Å². The Morgan fingerprint density at radius 2 is 1.95 bits per heavy atom. The van der Waals surface area contributed by atoms with Crippen molar-refractivity contribution in [1.82, 2.24) is 34.5 Å². The number of hydrogen-bond donors (Lipinski definition) is 1. The van der Waals surface area contributed by atoms with Crippen LogP contribution in [-0.4, -0.2) is 60.6 Å². The molecule has 5 aromatic rings. The van der Waals surface area contributed by atoms with Gasteiger partial charge in [-0.15, -0.1) is 5.10 Å². The Hall–Kier alpha value is -5.15. The van der Waals surface area contributed by atoms with E-state index in [1.165, 1.54) is 11.6 Å². The number of nitrogens with zero attached hydrogens (tertiary/aromatic N) is 8. The molecule has 0 atom stereocenters. The van der Waals surface area contributed by atoms with Gasteiger partial charge in [-0.3, -0.25) is 9.36 Å². The van der Waals surface area contributed by atoms with Gasteiger partial charge in [-0.05, 0) is 57.2 Å². The van der Waals surface area contributed by atoms with Gasteiger partial charge in [0.2, 0.25) is 0 Å². The number of ketones is 1. The fourth-order valence-corrected chi connectivity index (χ4v) is 4.03. The number of benzene rings is 1. The number of ether oxygens (including phenoxy) is 2. The lowest BCUT2D eigenvalue weighted by atomic mass is 10.2. The fraction of sp³-hybridized carbons (Fsp3) is 0.222. The standard InChI is InChI=1S/C27H25N9O3/c1-16-5-7-25(33-32-16)30-22-12-21-23(13-24(22)39-10-9-38-4)35(15-29-21)26-8-6-20(18(3)37)27(31-26)36-17(2)11-19(14-28)34-36/h5-8,11-13,15H,9-10H2,1-4H3,(H,30,33). The lowest BCUT2D eigenvalue weighted by Crippen LogP contribution is -2.11. The third-order valence-corrected chi connectivity index (χ3v) is 5.94. The van der Waals surface area contributed by atoms with E-state index in [0.29, 0.717) is 58.9 Å². The van der Waals surface area contributed by atoms with E-state index in [4.69, 9.17) is 14.5 Å². The van der Waals surface area contributed by atoms with Crippen molar-refractivity contribution in [3.05, 3.63) is 71.4 Å². The molecule has 196 valence electrons. The van der Waals surface area contributed by atoms with Crippen molar-refractivity contribution in [1.29, 1.82) is 5.26 Å². The van der Waals surface area contributed by atoms with Crippen LogP contribution in [0.4, 0.5) is 11.5 Å². The summed E-state index contributed by atoms with van der Waals surface area (Å²) in [4.78, 5) is 21.8. The molecule has 0 spiro atoms. The number of rotatable bonds is 9. The second-order valence-electron chi connectivity index (χ2n) is 8.77. The number of anilines is 2. The van der Waals surface area contributed by atoms with E-state index in [1.807, 2.05) is 37.3 Å². The molecule has 12 heteroatoms. The third kappa shape index (κ3) is 5.16. The summed E-state index contributed by atoms with van der Waals surface area (Å²) in [6.07, 6.45) is 1.65. The van der Waals surface area contributed by atoms with E-state index in [0.717, 1.165) is 11.2 Å². The summed E-state index contributed by atoms with van der Waals surface area (Å²) in [7, 11) is 1.61. The number of carbonyl (C=O) groups excluding carboxylic acids is 1. The number of hydrogen-bond acceptors (Lipinski definition) is 10. The quantitative estimate of drug-likeness (QED) is 0.223. The molecule has 4 aromatic heterocycles. The van der Waals surface area contributed by atoms with Crippen LogP contribution in [-0.2, 0) is 4.74 Å². The first-order chi connectivity index (χ1) is 18.9. The maximum atomic E-state index is 12.4. The summed E-state index contributed by atoms with van der Waals surface area (Å²) in [5.74, 6) is 1.79. The molecule has 0 unspecified atom stereocenters. The van der Waals surface area contributed by atoms with Crippen molar-refractivity contribution in [2.45, 2.75) is 20.8 Å². The maximum absolute atomic E-state index is 12.4. The summed E-state index contributed by atoms with van der Waals surface area (Å²) in [5, 5.41) is 25.1. The monoisotopic (exact) mass is 523 g/mol. The van der Waals surface area contributed by atoms with E-state index < -0.39 is 0 Å². The minimum Gasteiger partial charge on any atom is -0.489 e. The Bertz CT molecular complexity index is 1720. The van der Waals surface area contributed by atoms with Crippen LogP contribution in [0, 0.1) is 25.2 Å².